The summed E-state index contributed by atoms with van der Waals surface area (Å²) in [6.07, 6.45) is 4.70. The van der Waals surface area contributed by atoms with Gasteiger partial charge in [-0.1, -0.05) is 0 Å². The van der Waals surface area contributed by atoms with E-state index in [2.05, 4.69) is 17.3 Å². The summed E-state index contributed by atoms with van der Waals surface area (Å²) < 4.78 is 1.77. The number of likely N-dealkylation sites (tertiary alicyclic amines) is 1. The molecule has 1 aliphatic rings. The third kappa shape index (κ3) is 2.09. The molecule has 1 N–H and O–H groups in total. The summed E-state index contributed by atoms with van der Waals surface area (Å²) in [7, 11) is 3.74. The van der Waals surface area contributed by atoms with Gasteiger partial charge in [-0.25, -0.2) is 0 Å². The highest BCUT2D eigenvalue weighted by Crippen LogP contribution is 2.16. The Balaban J connectivity index is 1.97. The van der Waals surface area contributed by atoms with E-state index in [1.165, 1.54) is 0 Å². The minimum Gasteiger partial charge on any atom is -0.344 e. The van der Waals surface area contributed by atoms with E-state index in [1.807, 2.05) is 26.5 Å². The van der Waals surface area contributed by atoms with Crippen molar-refractivity contribution in [3.05, 3.63) is 18.0 Å². The van der Waals surface area contributed by atoms with Crippen molar-refractivity contribution in [3.8, 4) is 0 Å². The molecule has 2 atom stereocenters. The van der Waals surface area contributed by atoms with Crippen LogP contribution in [0.5, 0.6) is 0 Å². The second-order valence-electron chi connectivity index (χ2n) is 4.44. The zero-order valence-corrected chi connectivity index (χ0v) is 9.97. The minimum absolute atomic E-state index is 0.0415. The summed E-state index contributed by atoms with van der Waals surface area (Å²) in [6.45, 7) is 2.90. The van der Waals surface area contributed by atoms with Crippen LogP contribution in [-0.4, -0.2) is 40.2 Å². The number of carbonyl (C=O) groups excluding carboxylic acids is 1. The van der Waals surface area contributed by atoms with Gasteiger partial charge < -0.3 is 4.90 Å². The number of carbonyl (C=O) groups is 1. The molecule has 2 heterocycles. The summed E-state index contributed by atoms with van der Waals surface area (Å²) in [4.78, 5) is 13.5. The number of nitrogens with one attached hydrogen (secondary N) is 1. The molecule has 5 nitrogen and oxygen atoms in total. The SMILES string of the molecule is CC(NC1CCN(C)C1=O)c1cnn(C)c1. The van der Waals surface area contributed by atoms with Gasteiger partial charge in [-0.2, -0.15) is 5.10 Å². The molecule has 16 heavy (non-hydrogen) atoms. The van der Waals surface area contributed by atoms with E-state index < -0.39 is 0 Å². The molecular weight excluding hydrogens is 204 g/mol. The highest BCUT2D eigenvalue weighted by Gasteiger charge is 2.30. The van der Waals surface area contributed by atoms with Crippen molar-refractivity contribution >= 4 is 5.91 Å². The van der Waals surface area contributed by atoms with E-state index in [9.17, 15) is 4.79 Å². The fraction of sp³-hybridized carbons (Fsp3) is 0.636. The quantitative estimate of drug-likeness (QED) is 0.800. The van der Waals surface area contributed by atoms with Crippen LogP contribution in [-0.2, 0) is 11.8 Å². The van der Waals surface area contributed by atoms with Crippen LogP contribution >= 0.6 is 0 Å². The standard InChI is InChI=1S/C11H18N4O/c1-8(9-6-12-15(3)7-9)13-10-4-5-14(2)11(10)16/h6-8,10,13H,4-5H2,1-3H3. The average molecular weight is 222 g/mol. The predicted octanol–water partition coefficient (Wildman–Crippen LogP) is 0.301. The lowest BCUT2D eigenvalue weighted by Crippen LogP contribution is -2.38. The molecule has 2 rings (SSSR count). The number of likely N-dealkylation sites (N-methyl/N-ethyl adjacent to an activating group) is 1. The topological polar surface area (TPSA) is 50.2 Å². The molecule has 0 aromatic carbocycles. The number of rotatable bonds is 3. The molecular formula is C11H18N4O. The lowest BCUT2D eigenvalue weighted by atomic mass is 10.1. The Morgan fingerprint density at radius 2 is 2.31 bits per heavy atom. The summed E-state index contributed by atoms with van der Waals surface area (Å²) in [6, 6.07) is 0.120. The predicted molar refractivity (Wildman–Crippen MR) is 60.8 cm³/mol. The van der Waals surface area contributed by atoms with Crippen molar-refractivity contribution in [2.24, 2.45) is 7.05 Å². The van der Waals surface area contributed by atoms with Crippen LogP contribution in [0.2, 0.25) is 0 Å². The van der Waals surface area contributed by atoms with E-state index in [-0.39, 0.29) is 18.0 Å². The number of aryl methyl sites for hydroxylation is 1. The summed E-state index contributed by atoms with van der Waals surface area (Å²) >= 11 is 0. The summed E-state index contributed by atoms with van der Waals surface area (Å²) in [5.74, 6) is 0.191. The first-order chi connectivity index (χ1) is 7.58. The number of hydrogen-bond donors (Lipinski definition) is 1. The van der Waals surface area contributed by atoms with E-state index >= 15 is 0 Å². The van der Waals surface area contributed by atoms with E-state index in [0.29, 0.717) is 0 Å². The monoisotopic (exact) mass is 222 g/mol. The van der Waals surface area contributed by atoms with Crippen molar-refractivity contribution in [2.75, 3.05) is 13.6 Å². The van der Waals surface area contributed by atoms with Crippen molar-refractivity contribution in [1.82, 2.24) is 20.0 Å². The molecule has 0 aliphatic carbocycles. The third-order valence-electron chi connectivity index (χ3n) is 3.10. The highest BCUT2D eigenvalue weighted by atomic mass is 16.2. The number of hydrogen-bond acceptors (Lipinski definition) is 3. The Morgan fingerprint density at radius 1 is 1.56 bits per heavy atom. The van der Waals surface area contributed by atoms with Crippen molar-refractivity contribution in [1.29, 1.82) is 0 Å². The molecule has 0 saturated carbocycles. The lowest BCUT2D eigenvalue weighted by molar-refractivity contribution is -0.128. The van der Waals surface area contributed by atoms with E-state index in [0.717, 1.165) is 18.5 Å². The van der Waals surface area contributed by atoms with E-state index in [4.69, 9.17) is 0 Å². The molecule has 0 bridgehead atoms. The van der Waals surface area contributed by atoms with Gasteiger partial charge in [-0.05, 0) is 13.3 Å². The van der Waals surface area contributed by atoms with Crippen molar-refractivity contribution in [3.63, 3.8) is 0 Å². The van der Waals surface area contributed by atoms with Crippen LogP contribution < -0.4 is 5.32 Å². The molecule has 0 spiro atoms. The van der Waals surface area contributed by atoms with Crippen LogP contribution in [0.25, 0.3) is 0 Å². The largest absolute Gasteiger partial charge is 0.344 e. The third-order valence-corrected chi connectivity index (χ3v) is 3.10. The van der Waals surface area contributed by atoms with Gasteiger partial charge in [0.25, 0.3) is 0 Å². The maximum Gasteiger partial charge on any atom is 0.239 e. The number of nitrogens with zero attached hydrogens (tertiary/aromatic N) is 3. The Morgan fingerprint density at radius 3 is 2.81 bits per heavy atom. The first kappa shape index (κ1) is 11.1. The van der Waals surface area contributed by atoms with Crippen LogP contribution in [0.3, 0.4) is 0 Å². The first-order valence-corrected chi connectivity index (χ1v) is 5.57. The van der Waals surface area contributed by atoms with Gasteiger partial charge in [-0.15, -0.1) is 0 Å². The Hall–Kier alpha value is -1.36. The number of aromatic nitrogens is 2. The first-order valence-electron chi connectivity index (χ1n) is 5.57. The molecule has 1 aromatic rings. The van der Waals surface area contributed by atoms with Crippen molar-refractivity contribution in [2.45, 2.75) is 25.4 Å². The smallest absolute Gasteiger partial charge is 0.239 e. The van der Waals surface area contributed by atoms with Crippen LogP contribution in [0.4, 0.5) is 0 Å². The van der Waals surface area contributed by atoms with Gasteiger partial charge in [-0.3, -0.25) is 14.8 Å². The molecule has 1 amide bonds. The van der Waals surface area contributed by atoms with Gasteiger partial charge in [0, 0.05) is 38.4 Å². The van der Waals surface area contributed by atoms with Crippen LogP contribution in [0, 0.1) is 0 Å². The molecule has 1 aromatic heterocycles. The van der Waals surface area contributed by atoms with Gasteiger partial charge in [0.15, 0.2) is 0 Å². The fourth-order valence-electron chi connectivity index (χ4n) is 2.04. The Labute approximate surface area is 95.4 Å². The van der Waals surface area contributed by atoms with E-state index in [1.54, 1.807) is 9.58 Å². The van der Waals surface area contributed by atoms with Crippen LogP contribution in [0.1, 0.15) is 24.9 Å². The zero-order valence-electron chi connectivity index (χ0n) is 9.97. The van der Waals surface area contributed by atoms with Gasteiger partial charge in [0.05, 0.1) is 12.2 Å². The molecule has 1 saturated heterocycles. The maximum atomic E-state index is 11.7. The second-order valence-corrected chi connectivity index (χ2v) is 4.44. The van der Waals surface area contributed by atoms with Gasteiger partial charge >= 0.3 is 0 Å². The normalized spacial score (nSPS) is 22.8. The second kappa shape index (κ2) is 4.25. The fourth-order valence-corrected chi connectivity index (χ4v) is 2.04. The highest BCUT2D eigenvalue weighted by molar-refractivity contribution is 5.83. The Bertz CT molecular complexity index is 387. The molecule has 1 aliphatic heterocycles. The summed E-state index contributed by atoms with van der Waals surface area (Å²) in [5, 5.41) is 7.47. The average Bonchev–Trinajstić information content (AvgIpc) is 2.79. The molecule has 0 radical (unpaired) electrons. The minimum atomic E-state index is -0.0415. The zero-order chi connectivity index (χ0) is 11.7. The van der Waals surface area contributed by atoms with Gasteiger partial charge in [0.1, 0.15) is 0 Å². The number of amides is 1. The van der Waals surface area contributed by atoms with Gasteiger partial charge in [0.2, 0.25) is 5.91 Å². The lowest BCUT2D eigenvalue weighted by Gasteiger charge is -2.17. The maximum absolute atomic E-state index is 11.7. The van der Waals surface area contributed by atoms with Crippen molar-refractivity contribution < 1.29 is 4.79 Å². The molecule has 1 fully saturated rings. The van der Waals surface area contributed by atoms with Crippen LogP contribution in [0.15, 0.2) is 12.4 Å². The molecule has 5 heteroatoms. The molecule has 2 unspecified atom stereocenters. The Kier molecular flexibility index (Phi) is 2.96. The summed E-state index contributed by atoms with van der Waals surface area (Å²) in [5.41, 5.74) is 1.12. The molecule has 88 valence electrons.